The molecule has 1 saturated heterocycles. The number of rotatable bonds is 6. The summed E-state index contributed by atoms with van der Waals surface area (Å²) in [7, 11) is 1.96. The number of ether oxygens (including phenoxy) is 1. The minimum atomic E-state index is 0.231. The van der Waals surface area contributed by atoms with Crippen molar-refractivity contribution in [1.29, 1.82) is 0 Å². The van der Waals surface area contributed by atoms with Crippen LogP contribution >= 0.6 is 11.3 Å². The molecule has 2 aliphatic rings. The number of nitrogens with one attached hydrogen (secondary N) is 1. The van der Waals surface area contributed by atoms with Crippen molar-refractivity contribution in [3.8, 4) is 0 Å². The predicted octanol–water partition coefficient (Wildman–Crippen LogP) is 2.66. The minimum Gasteiger partial charge on any atom is -0.378 e. The molecule has 3 heterocycles. The molecule has 7 heteroatoms. The van der Waals surface area contributed by atoms with Crippen LogP contribution in [0.4, 0.5) is 5.13 Å². The Morgan fingerprint density at radius 2 is 2.33 bits per heavy atom. The summed E-state index contributed by atoms with van der Waals surface area (Å²) in [5.41, 5.74) is 2.36. The van der Waals surface area contributed by atoms with E-state index in [1.54, 1.807) is 11.3 Å². The van der Waals surface area contributed by atoms with E-state index in [1.165, 1.54) is 24.8 Å². The molecule has 1 aliphatic carbocycles. The average Bonchev–Trinajstić information content (AvgIpc) is 3.16. The summed E-state index contributed by atoms with van der Waals surface area (Å²) in [6.07, 6.45) is 8.14. The summed E-state index contributed by atoms with van der Waals surface area (Å²) in [6.45, 7) is 4.39. The molecule has 0 unspecified atom stereocenters. The van der Waals surface area contributed by atoms with Gasteiger partial charge in [0.05, 0.1) is 31.1 Å². The summed E-state index contributed by atoms with van der Waals surface area (Å²) >= 11 is 1.71. The first-order valence-corrected chi connectivity index (χ1v) is 9.64. The fourth-order valence-corrected chi connectivity index (χ4v) is 4.10. The Morgan fingerprint density at radius 1 is 1.42 bits per heavy atom. The molecular formula is C17H25N5OS. The number of hydrogen-bond donors (Lipinski definition) is 1. The van der Waals surface area contributed by atoms with Crippen molar-refractivity contribution in [2.24, 2.45) is 13.0 Å². The van der Waals surface area contributed by atoms with Gasteiger partial charge in [-0.25, -0.2) is 4.98 Å². The normalized spacial score (nSPS) is 22.5. The summed E-state index contributed by atoms with van der Waals surface area (Å²) in [6, 6.07) is 0.231. The molecule has 6 nitrogen and oxygen atoms in total. The Morgan fingerprint density at radius 3 is 3.08 bits per heavy atom. The monoisotopic (exact) mass is 347 g/mol. The van der Waals surface area contributed by atoms with Crippen LogP contribution in [0.3, 0.4) is 0 Å². The lowest BCUT2D eigenvalue weighted by Gasteiger charge is -2.34. The SMILES string of the molecule is Cn1cc(CN2CCOC[C@@H]2c2csc(NCC3CCC3)n2)cn1. The van der Waals surface area contributed by atoms with Gasteiger partial charge in [-0.2, -0.15) is 5.10 Å². The minimum absolute atomic E-state index is 0.231. The first kappa shape index (κ1) is 16.1. The molecule has 1 N–H and O–H groups in total. The van der Waals surface area contributed by atoms with E-state index in [9.17, 15) is 0 Å². The van der Waals surface area contributed by atoms with E-state index in [4.69, 9.17) is 9.72 Å². The van der Waals surface area contributed by atoms with Crippen molar-refractivity contribution in [1.82, 2.24) is 19.7 Å². The summed E-state index contributed by atoms with van der Waals surface area (Å²) in [5, 5.41) is 11.0. The highest BCUT2D eigenvalue weighted by atomic mass is 32.1. The molecule has 0 aromatic carbocycles. The molecule has 0 spiro atoms. The van der Waals surface area contributed by atoms with Crippen molar-refractivity contribution >= 4 is 16.5 Å². The Balaban J connectivity index is 1.41. The van der Waals surface area contributed by atoms with Crippen molar-refractivity contribution in [3.63, 3.8) is 0 Å². The number of nitrogens with zero attached hydrogens (tertiary/aromatic N) is 4. The first-order valence-electron chi connectivity index (χ1n) is 8.76. The number of aromatic nitrogens is 3. The van der Waals surface area contributed by atoms with E-state index in [-0.39, 0.29) is 6.04 Å². The molecule has 24 heavy (non-hydrogen) atoms. The highest BCUT2D eigenvalue weighted by Gasteiger charge is 2.27. The second-order valence-corrected chi connectivity index (χ2v) is 7.70. The number of aryl methyl sites for hydroxylation is 1. The van der Waals surface area contributed by atoms with E-state index in [0.717, 1.165) is 43.0 Å². The van der Waals surface area contributed by atoms with Crippen LogP contribution in [0.1, 0.15) is 36.6 Å². The third-order valence-corrected chi connectivity index (χ3v) is 5.83. The van der Waals surface area contributed by atoms with Crippen molar-refractivity contribution < 1.29 is 4.74 Å². The second kappa shape index (κ2) is 7.21. The van der Waals surface area contributed by atoms with Gasteiger partial charge >= 0.3 is 0 Å². The van der Waals surface area contributed by atoms with Crippen LogP contribution in [0.5, 0.6) is 0 Å². The van der Waals surface area contributed by atoms with Gasteiger partial charge in [0.15, 0.2) is 5.13 Å². The third kappa shape index (κ3) is 3.63. The largest absolute Gasteiger partial charge is 0.378 e. The molecule has 1 atom stereocenters. The van der Waals surface area contributed by atoms with Gasteiger partial charge in [-0.15, -0.1) is 11.3 Å². The second-order valence-electron chi connectivity index (χ2n) is 6.84. The molecule has 1 aliphatic heterocycles. The van der Waals surface area contributed by atoms with Gasteiger partial charge in [-0.1, -0.05) is 6.42 Å². The maximum Gasteiger partial charge on any atom is 0.182 e. The first-order chi connectivity index (χ1) is 11.8. The predicted molar refractivity (Wildman–Crippen MR) is 95.1 cm³/mol. The maximum atomic E-state index is 5.73. The van der Waals surface area contributed by atoms with Gasteiger partial charge in [0.25, 0.3) is 0 Å². The molecule has 1 saturated carbocycles. The highest BCUT2D eigenvalue weighted by Crippen LogP contribution is 2.30. The number of anilines is 1. The fourth-order valence-electron chi connectivity index (χ4n) is 3.34. The smallest absolute Gasteiger partial charge is 0.182 e. The standard InChI is InChI=1S/C17H25N5OS/c1-21-9-14(8-19-21)10-22-5-6-23-11-16(22)15-12-24-17(20-15)18-7-13-3-2-4-13/h8-9,12-13,16H,2-7,10-11H2,1H3,(H,18,20)/t16-/m1/s1. The van der Waals surface area contributed by atoms with E-state index in [0.29, 0.717) is 6.61 Å². The lowest BCUT2D eigenvalue weighted by molar-refractivity contribution is -0.0140. The van der Waals surface area contributed by atoms with Crippen molar-refractivity contribution in [3.05, 3.63) is 29.0 Å². The van der Waals surface area contributed by atoms with E-state index in [2.05, 4.69) is 26.9 Å². The molecule has 4 rings (SSSR count). The molecule has 2 fully saturated rings. The van der Waals surface area contributed by atoms with Crippen LogP contribution in [0.25, 0.3) is 0 Å². The Labute approximate surface area is 146 Å². The van der Waals surface area contributed by atoms with Crippen molar-refractivity contribution in [2.45, 2.75) is 31.8 Å². The summed E-state index contributed by atoms with van der Waals surface area (Å²) in [4.78, 5) is 7.28. The molecular weight excluding hydrogens is 322 g/mol. The number of thiazole rings is 1. The van der Waals surface area contributed by atoms with Gasteiger partial charge in [0.1, 0.15) is 0 Å². The fraction of sp³-hybridized carbons (Fsp3) is 0.647. The summed E-state index contributed by atoms with van der Waals surface area (Å²) < 4.78 is 7.58. The molecule has 0 bridgehead atoms. The Bertz CT molecular complexity index is 665. The van der Waals surface area contributed by atoms with Gasteiger partial charge in [0.2, 0.25) is 0 Å². The van der Waals surface area contributed by atoms with Crippen LogP contribution in [0.15, 0.2) is 17.8 Å². The van der Waals surface area contributed by atoms with Gasteiger partial charge in [-0.3, -0.25) is 9.58 Å². The lowest BCUT2D eigenvalue weighted by Crippen LogP contribution is -2.39. The molecule has 0 amide bonds. The molecule has 0 radical (unpaired) electrons. The molecule has 130 valence electrons. The van der Waals surface area contributed by atoms with Crippen LogP contribution in [0, 0.1) is 5.92 Å². The van der Waals surface area contributed by atoms with Gasteiger partial charge < -0.3 is 10.1 Å². The Kier molecular flexibility index (Phi) is 4.82. The van der Waals surface area contributed by atoms with E-state index < -0.39 is 0 Å². The topological polar surface area (TPSA) is 55.2 Å². The lowest BCUT2D eigenvalue weighted by atomic mass is 9.86. The summed E-state index contributed by atoms with van der Waals surface area (Å²) in [5.74, 6) is 0.845. The maximum absolute atomic E-state index is 5.73. The Hall–Kier alpha value is -1.44. The van der Waals surface area contributed by atoms with Gasteiger partial charge in [-0.05, 0) is 18.8 Å². The molecule has 2 aromatic rings. The zero-order chi connectivity index (χ0) is 16.4. The molecule has 2 aromatic heterocycles. The zero-order valence-corrected chi connectivity index (χ0v) is 15.0. The van der Waals surface area contributed by atoms with Crippen molar-refractivity contribution in [2.75, 3.05) is 31.6 Å². The number of morpholine rings is 1. The van der Waals surface area contributed by atoms with Crippen LogP contribution < -0.4 is 5.32 Å². The number of hydrogen-bond acceptors (Lipinski definition) is 6. The van der Waals surface area contributed by atoms with Crippen LogP contribution in [0.2, 0.25) is 0 Å². The van der Waals surface area contributed by atoms with E-state index >= 15 is 0 Å². The zero-order valence-electron chi connectivity index (χ0n) is 14.1. The third-order valence-electron chi connectivity index (χ3n) is 5.01. The van der Waals surface area contributed by atoms with E-state index in [1.807, 2.05) is 17.9 Å². The van der Waals surface area contributed by atoms with Gasteiger partial charge in [0, 0.05) is 43.8 Å². The highest BCUT2D eigenvalue weighted by molar-refractivity contribution is 7.13. The average molecular weight is 347 g/mol. The van der Waals surface area contributed by atoms with Crippen LogP contribution in [-0.2, 0) is 18.3 Å². The van der Waals surface area contributed by atoms with Crippen LogP contribution in [-0.4, -0.2) is 46.0 Å². The quantitative estimate of drug-likeness (QED) is 0.871.